The number of aromatic nitrogens is 1. The van der Waals surface area contributed by atoms with Crippen LogP contribution in [0, 0.1) is 6.92 Å². The Labute approximate surface area is 171 Å². The van der Waals surface area contributed by atoms with Crippen LogP contribution in [0.25, 0.3) is 0 Å². The van der Waals surface area contributed by atoms with E-state index in [4.69, 9.17) is 14.2 Å². The average Bonchev–Trinajstić information content (AvgIpc) is 3.05. The first-order chi connectivity index (χ1) is 14.0. The molecule has 0 unspecified atom stereocenters. The molecule has 0 saturated heterocycles. The molecule has 1 heterocycles. The lowest BCUT2D eigenvalue weighted by molar-refractivity contribution is 0.0599. The number of aryl methyl sites for hydroxylation is 1. The first kappa shape index (κ1) is 22.5. The molecule has 158 valence electrons. The van der Waals surface area contributed by atoms with Crippen molar-refractivity contribution in [3.05, 3.63) is 52.3 Å². The number of nitrogens with one attached hydrogen (secondary N) is 2. The third-order valence-electron chi connectivity index (χ3n) is 4.52. The molecule has 0 bridgehead atoms. The molecule has 1 aromatic carbocycles. The normalized spacial score (nSPS) is 10.6. The predicted molar refractivity (Wildman–Crippen MR) is 110 cm³/mol. The average molecular weight is 402 g/mol. The summed E-state index contributed by atoms with van der Waals surface area (Å²) in [4.78, 5) is 27.9. The molecule has 2 aromatic rings. The fourth-order valence-electron chi connectivity index (χ4n) is 3.16. The maximum absolute atomic E-state index is 12.8. The van der Waals surface area contributed by atoms with Crippen molar-refractivity contribution in [2.24, 2.45) is 0 Å². The summed E-state index contributed by atoms with van der Waals surface area (Å²) in [5.74, 6) is 0.0703. The number of ether oxygens (including phenoxy) is 3. The Balaban J connectivity index is 2.07. The van der Waals surface area contributed by atoms with E-state index in [1.165, 1.54) is 7.11 Å². The molecule has 1 amide bonds. The molecule has 0 fully saturated rings. The smallest absolute Gasteiger partial charge is 0.339 e. The van der Waals surface area contributed by atoms with Crippen molar-refractivity contribution in [2.45, 2.75) is 39.7 Å². The predicted octanol–water partition coefficient (Wildman–Crippen LogP) is 3.41. The number of hydrogen-bond donors (Lipinski definition) is 2. The number of benzene rings is 1. The minimum absolute atomic E-state index is 0.252. The summed E-state index contributed by atoms with van der Waals surface area (Å²) in [5, 5.41) is 2.92. The van der Waals surface area contributed by atoms with E-state index in [9.17, 15) is 9.59 Å². The number of hydrogen-bond acceptors (Lipinski definition) is 5. The van der Waals surface area contributed by atoms with Crippen LogP contribution >= 0.6 is 0 Å². The van der Waals surface area contributed by atoms with Crippen molar-refractivity contribution in [3.8, 4) is 5.75 Å². The van der Waals surface area contributed by atoms with E-state index >= 15 is 0 Å². The maximum atomic E-state index is 12.8. The quantitative estimate of drug-likeness (QED) is 0.444. The summed E-state index contributed by atoms with van der Waals surface area (Å²) < 4.78 is 15.6. The number of methoxy groups -OCH3 is 2. The molecule has 0 spiro atoms. The summed E-state index contributed by atoms with van der Waals surface area (Å²) in [6, 6.07) is 7.60. The van der Waals surface area contributed by atoms with Gasteiger partial charge in [0.05, 0.1) is 19.3 Å². The lowest BCUT2D eigenvalue weighted by atomic mass is 10.0. The van der Waals surface area contributed by atoms with Crippen molar-refractivity contribution in [1.29, 1.82) is 0 Å². The molecule has 1 aromatic heterocycles. The first-order valence-corrected chi connectivity index (χ1v) is 9.80. The summed E-state index contributed by atoms with van der Waals surface area (Å²) in [5.41, 5.74) is 3.13. The largest absolute Gasteiger partial charge is 0.493 e. The fraction of sp³-hybridized carbons (Fsp3) is 0.455. The Morgan fingerprint density at radius 2 is 1.97 bits per heavy atom. The van der Waals surface area contributed by atoms with Gasteiger partial charge in [0.1, 0.15) is 11.4 Å². The van der Waals surface area contributed by atoms with Crippen LogP contribution in [0.1, 0.15) is 57.4 Å². The highest BCUT2D eigenvalue weighted by atomic mass is 16.5. The molecular formula is C22H30N2O5. The molecule has 0 saturated carbocycles. The second-order valence-corrected chi connectivity index (χ2v) is 6.75. The maximum Gasteiger partial charge on any atom is 0.339 e. The van der Waals surface area contributed by atoms with E-state index < -0.39 is 5.97 Å². The number of carbonyl (C=O) groups is 2. The lowest BCUT2D eigenvalue weighted by Gasteiger charge is -2.10. The summed E-state index contributed by atoms with van der Waals surface area (Å²) >= 11 is 0. The van der Waals surface area contributed by atoms with Gasteiger partial charge in [-0.15, -0.1) is 0 Å². The van der Waals surface area contributed by atoms with Gasteiger partial charge < -0.3 is 24.5 Å². The molecule has 2 rings (SSSR count). The topological polar surface area (TPSA) is 89.7 Å². The van der Waals surface area contributed by atoms with Crippen LogP contribution in [0.3, 0.4) is 0 Å². The summed E-state index contributed by atoms with van der Waals surface area (Å²) in [6.07, 6.45) is 2.23. The minimum atomic E-state index is -0.431. The van der Waals surface area contributed by atoms with E-state index in [1.54, 1.807) is 14.0 Å². The molecule has 7 heteroatoms. The number of esters is 1. The van der Waals surface area contributed by atoms with Crippen molar-refractivity contribution in [2.75, 3.05) is 27.4 Å². The van der Waals surface area contributed by atoms with Gasteiger partial charge >= 0.3 is 5.97 Å². The van der Waals surface area contributed by atoms with E-state index in [-0.39, 0.29) is 5.91 Å². The Morgan fingerprint density at radius 1 is 1.17 bits per heavy atom. The van der Waals surface area contributed by atoms with Crippen LogP contribution in [0.15, 0.2) is 24.3 Å². The van der Waals surface area contributed by atoms with Gasteiger partial charge in [0.25, 0.3) is 5.91 Å². The zero-order chi connectivity index (χ0) is 21.2. The molecule has 29 heavy (non-hydrogen) atoms. The third-order valence-corrected chi connectivity index (χ3v) is 4.52. The van der Waals surface area contributed by atoms with Gasteiger partial charge in [-0.2, -0.15) is 0 Å². The van der Waals surface area contributed by atoms with E-state index in [1.807, 2.05) is 31.2 Å². The molecule has 0 aliphatic heterocycles. The Hall–Kier alpha value is -2.80. The standard InChI is InChI=1S/C22H30N2O5/c1-5-8-18-19(22(26)28-4)15(2)24-20(18)21(25)23-14-16-9-6-10-17(13-16)29-12-7-11-27-3/h6,9-10,13,24H,5,7-8,11-12,14H2,1-4H3,(H,23,25). The van der Waals surface area contributed by atoms with Gasteiger partial charge in [0, 0.05) is 32.4 Å². The Kier molecular flexibility index (Phi) is 8.73. The number of rotatable bonds is 11. The molecule has 0 aliphatic rings. The van der Waals surface area contributed by atoms with Crippen molar-refractivity contribution in [1.82, 2.24) is 10.3 Å². The summed E-state index contributed by atoms with van der Waals surface area (Å²) in [6.45, 7) is 5.35. The van der Waals surface area contributed by atoms with Gasteiger partial charge in [-0.1, -0.05) is 25.5 Å². The second kappa shape index (κ2) is 11.3. The SMILES string of the molecule is CCCc1c(C(=O)NCc2cccc(OCCCOC)c2)[nH]c(C)c1C(=O)OC. The van der Waals surface area contributed by atoms with Gasteiger partial charge in [-0.25, -0.2) is 4.79 Å². The van der Waals surface area contributed by atoms with Gasteiger partial charge in [-0.3, -0.25) is 4.79 Å². The van der Waals surface area contributed by atoms with Crippen molar-refractivity contribution in [3.63, 3.8) is 0 Å². The lowest BCUT2D eigenvalue weighted by Crippen LogP contribution is -2.24. The van der Waals surface area contributed by atoms with Crippen LogP contribution < -0.4 is 10.1 Å². The van der Waals surface area contributed by atoms with E-state index in [0.717, 1.165) is 24.2 Å². The van der Waals surface area contributed by atoms with E-state index in [2.05, 4.69) is 10.3 Å². The summed E-state index contributed by atoms with van der Waals surface area (Å²) in [7, 11) is 3.00. The van der Waals surface area contributed by atoms with Crippen LogP contribution in [-0.4, -0.2) is 44.3 Å². The highest BCUT2D eigenvalue weighted by Crippen LogP contribution is 2.22. The highest BCUT2D eigenvalue weighted by Gasteiger charge is 2.24. The monoisotopic (exact) mass is 402 g/mol. The van der Waals surface area contributed by atoms with Crippen LogP contribution in [0.4, 0.5) is 0 Å². The number of carbonyl (C=O) groups excluding carboxylic acids is 2. The molecule has 0 aliphatic carbocycles. The second-order valence-electron chi connectivity index (χ2n) is 6.75. The number of H-pyrrole nitrogens is 1. The van der Waals surface area contributed by atoms with Gasteiger partial charge in [0.15, 0.2) is 0 Å². The number of aromatic amines is 1. The zero-order valence-electron chi connectivity index (χ0n) is 17.6. The van der Waals surface area contributed by atoms with E-state index in [0.29, 0.717) is 48.7 Å². The molecule has 7 nitrogen and oxygen atoms in total. The highest BCUT2D eigenvalue weighted by molar-refractivity contribution is 6.00. The molecule has 0 atom stereocenters. The minimum Gasteiger partial charge on any atom is -0.493 e. The van der Waals surface area contributed by atoms with Gasteiger partial charge in [-0.05, 0) is 36.6 Å². The van der Waals surface area contributed by atoms with Crippen LogP contribution in [-0.2, 0) is 22.4 Å². The van der Waals surface area contributed by atoms with Crippen molar-refractivity contribution >= 4 is 11.9 Å². The molecule has 2 N–H and O–H groups in total. The first-order valence-electron chi connectivity index (χ1n) is 9.80. The molecular weight excluding hydrogens is 372 g/mol. The number of amides is 1. The zero-order valence-corrected chi connectivity index (χ0v) is 17.6. The third kappa shape index (κ3) is 6.09. The van der Waals surface area contributed by atoms with Crippen LogP contribution in [0.5, 0.6) is 5.75 Å². The Morgan fingerprint density at radius 3 is 2.66 bits per heavy atom. The van der Waals surface area contributed by atoms with Gasteiger partial charge in [0.2, 0.25) is 0 Å². The van der Waals surface area contributed by atoms with Crippen molar-refractivity contribution < 1.29 is 23.8 Å². The molecule has 0 radical (unpaired) electrons. The fourth-order valence-corrected chi connectivity index (χ4v) is 3.16. The Bertz CT molecular complexity index is 829. The van der Waals surface area contributed by atoms with Crippen LogP contribution in [0.2, 0.25) is 0 Å².